The Balaban J connectivity index is 2.51. The summed E-state index contributed by atoms with van der Waals surface area (Å²) in [6.45, 7) is 1.87. The first-order valence-electron chi connectivity index (χ1n) is 7.40. The largest absolute Gasteiger partial charge is 0.380 e. The number of sulfonamides is 1. The van der Waals surface area contributed by atoms with Crippen molar-refractivity contribution < 1.29 is 13.2 Å². The molecule has 0 aliphatic heterocycles. The monoisotopic (exact) mass is 338 g/mol. The molecular weight excluding hydrogens is 316 g/mol. The van der Waals surface area contributed by atoms with E-state index in [2.05, 4.69) is 0 Å². The second kappa shape index (κ2) is 6.72. The summed E-state index contributed by atoms with van der Waals surface area (Å²) in [5.41, 5.74) is -0.223. The van der Waals surface area contributed by atoms with Gasteiger partial charge in [0.05, 0.1) is 11.9 Å². The number of fused-ring (bicyclic) bond motifs is 1. The summed E-state index contributed by atoms with van der Waals surface area (Å²) in [6.07, 6.45) is 0.222. The molecule has 0 amide bonds. The summed E-state index contributed by atoms with van der Waals surface area (Å²) in [4.78, 5) is 12.4. The summed E-state index contributed by atoms with van der Waals surface area (Å²) in [5, 5.41) is 1.28. The fourth-order valence-electron chi connectivity index (χ4n) is 2.48. The van der Waals surface area contributed by atoms with Crippen LogP contribution in [0.2, 0.25) is 0 Å². The van der Waals surface area contributed by atoms with Gasteiger partial charge in [-0.15, -0.1) is 0 Å². The molecule has 0 radical (unpaired) electrons. The van der Waals surface area contributed by atoms with Gasteiger partial charge in [0.2, 0.25) is 10.0 Å². The molecule has 0 aliphatic rings. The van der Waals surface area contributed by atoms with Crippen LogP contribution in [-0.2, 0) is 21.8 Å². The van der Waals surface area contributed by atoms with Crippen LogP contribution in [0.1, 0.15) is 13.3 Å². The number of methoxy groups -OCH3 is 1. The Morgan fingerprint density at radius 1 is 1.30 bits per heavy atom. The van der Waals surface area contributed by atoms with Crippen LogP contribution in [0.3, 0.4) is 0 Å². The Hall–Kier alpha value is -1.86. The maximum atomic E-state index is 12.6. The summed E-state index contributed by atoms with van der Waals surface area (Å²) in [7, 11) is 0.932. The van der Waals surface area contributed by atoms with E-state index in [0.29, 0.717) is 23.0 Å². The molecule has 23 heavy (non-hydrogen) atoms. The first-order chi connectivity index (χ1) is 10.8. The van der Waals surface area contributed by atoms with E-state index in [-0.39, 0.29) is 17.4 Å². The van der Waals surface area contributed by atoms with E-state index in [1.165, 1.54) is 18.7 Å². The van der Waals surface area contributed by atoms with Gasteiger partial charge in [0, 0.05) is 26.6 Å². The van der Waals surface area contributed by atoms with E-state index >= 15 is 0 Å². The SMILES string of the molecule is CCC(CS(=O)(=O)N(C)c1cc2ccccc2c(=O)n1C)OC. The molecule has 126 valence electrons. The molecule has 1 aromatic heterocycles. The van der Waals surface area contributed by atoms with Crippen molar-refractivity contribution in [3.8, 4) is 0 Å². The molecule has 2 rings (SSSR count). The van der Waals surface area contributed by atoms with Crippen LogP contribution in [0.4, 0.5) is 5.82 Å². The van der Waals surface area contributed by atoms with E-state index in [1.54, 1.807) is 31.3 Å². The molecule has 2 aromatic rings. The normalized spacial score (nSPS) is 13.2. The number of pyridine rings is 1. The van der Waals surface area contributed by atoms with Crippen molar-refractivity contribution in [2.24, 2.45) is 7.05 Å². The third-order valence-electron chi connectivity index (χ3n) is 4.05. The molecule has 1 atom stereocenters. The van der Waals surface area contributed by atoms with Crippen molar-refractivity contribution in [1.82, 2.24) is 4.57 Å². The predicted octanol–water partition coefficient (Wildman–Crippen LogP) is 1.73. The van der Waals surface area contributed by atoms with Crippen molar-refractivity contribution in [3.63, 3.8) is 0 Å². The van der Waals surface area contributed by atoms with Gasteiger partial charge in [-0.25, -0.2) is 8.42 Å². The Morgan fingerprint density at radius 2 is 1.96 bits per heavy atom. The minimum atomic E-state index is -3.60. The van der Waals surface area contributed by atoms with Gasteiger partial charge >= 0.3 is 0 Å². The second-order valence-electron chi connectivity index (χ2n) is 5.47. The number of rotatable bonds is 6. The zero-order chi connectivity index (χ0) is 17.2. The summed E-state index contributed by atoms with van der Waals surface area (Å²) < 4.78 is 32.9. The lowest BCUT2D eigenvalue weighted by molar-refractivity contribution is 0.117. The Bertz CT molecular complexity index is 854. The molecule has 1 heterocycles. The van der Waals surface area contributed by atoms with Crippen LogP contribution in [0.25, 0.3) is 10.8 Å². The predicted molar refractivity (Wildman–Crippen MR) is 92.5 cm³/mol. The maximum Gasteiger partial charge on any atom is 0.259 e. The molecule has 0 saturated heterocycles. The van der Waals surface area contributed by atoms with E-state index in [0.717, 1.165) is 4.31 Å². The number of ether oxygens (including phenoxy) is 1. The van der Waals surface area contributed by atoms with Gasteiger partial charge in [-0.05, 0) is 23.9 Å². The fraction of sp³-hybridized carbons (Fsp3) is 0.438. The summed E-state index contributed by atoms with van der Waals surface area (Å²) in [6, 6.07) is 8.84. The number of hydrogen-bond acceptors (Lipinski definition) is 4. The van der Waals surface area contributed by atoms with E-state index in [4.69, 9.17) is 4.74 Å². The summed E-state index contributed by atoms with van der Waals surface area (Å²) in [5.74, 6) is 0.206. The van der Waals surface area contributed by atoms with Gasteiger partial charge in [0.1, 0.15) is 5.82 Å². The lowest BCUT2D eigenvalue weighted by atomic mass is 10.2. The second-order valence-corrected chi connectivity index (χ2v) is 7.51. The topological polar surface area (TPSA) is 68.6 Å². The smallest absolute Gasteiger partial charge is 0.259 e. The zero-order valence-corrected chi connectivity index (χ0v) is 14.6. The van der Waals surface area contributed by atoms with Crippen molar-refractivity contribution in [1.29, 1.82) is 0 Å². The van der Waals surface area contributed by atoms with Crippen LogP contribution >= 0.6 is 0 Å². The van der Waals surface area contributed by atoms with Crippen LogP contribution < -0.4 is 9.86 Å². The van der Waals surface area contributed by atoms with Gasteiger partial charge < -0.3 is 4.74 Å². The first-order valence-corrected chi connectivity index (χ1v) is 9.01. The number of hydrogen-bond donors (Lipinski definition) is 0. The number of anilines is 1. The van der Waals surface area contributed by atoms with E-state index in [9.17, 15) is 13.2 Å². The van der Waals surface area contributed by atoms with Crippen molar-refractivity contribution in [2.45, 2.75) is 19.4 Å². The number of nitrogens with zero attached hydrogens (tertiary/aromatic N) is 2. The number of aromatic nitrogens is 1. The van der Waals surface area contributed by atoms with E-state index in [1.807, 2.05) is 13.0 Å². The lowest BCUT2D eigenvalue weighted by Gasteiger charge is -2.24. The zero-order valence-electron chi connectivity index (χ0n) is 13.8. The Morgan fingerprint density at radius 3 is 2.57 bits per heavy atom. The lowest BCUT2D eigenvalue weighted by Crippen LogP contribution is -2.37. The quantitative estimate of drug-likeness (QED) is 0.804. The van der Waals surface area contributed by atoms with Crippen LogP contribution in [-0.4, -0.2) is 39.0 Å². The molecule has 0 spiro atoms. The fourth-order valence-corrected chi connectivity index (χ4v) is 4.01. The molecule has 0 saturated carbocycles. The molecular formula is C16H22N2O4S. The molecule has 1 aromatic carbocycles. The molecule has 6 nitrogen and oxygen atoms in total. The van der Waals surface area contributed by atoms with Gasteiger partial charge in [0.15, 0.2) is 0 Å². The number of benzene rings is 1. The van der Waals surface area contributed by atoms with Crippen LogP contribution in [0.15, 0.2) is 35.1 Å². The third kappa shape index (κ3) is 3.40. The molecule has 0 bridgehead atoms. The minimum absolute atomic E-state index is 0.127. The average Bonchev–Trinajstić information content (AvgIpc) is 2.55. The highest BCUT2D eigenvalue weighted by molar-refractivity contribution is 7.92. The first kappa shape index (κ1) is 17.5. The van der Waals surface area contributed by atoms with Crippen molar-refractivity contribution >= 4 is 26.6 Å². The molecule has 1 unspecified atom stereocenters. The molecule has 0 aliphatic carbocycles. The average molecular weight is 338 g/mol. The van der Waals surface area contributed by atoms with Gasteiger partial charge in [-0.3, -0.25) is 13.7 Å². The highest BCUT2D eigenvalue weighted by Gasteiger charge is 2.25. The van der Waals surface area contributed by atoms with Gasteiger partial charge in [-0.1, -0.05) is 25.1 Å². The van der Waals surface area contributed by atoms with E-state index < -0.39 is 10.0 Å². The molecule has 7 heteroatoms. The Labute approximate surface area is 136 Å². The summed E-state index contributed by atoms with van der Waals surface area (Å²) >= 11 is 0. The highest BCUT2D eigenvalue weighted by atomic mass is 32.2. The van der Waals surface area contributed by atoms with Crippen LogP contribution in [0.5, 0.6) is 0 Å². The highest BCUT2D eigenvalue weighted by Crippen LogP contribution is 2.20. The molecule has 0 N–H and O–H groups in total. The van der Waals surface area contributed by atoms with Gasteiger partial charge in [-0.2, -0.15) is 0 Å². The van der Waals surface area contributed by atoms with Gasteiger partial charge in [0.25, 0.3) is 5.56 Å². The molecule has 0 fully saturated rings. The standard InChI is InChI=1S/C16H22N2O4S/c1-5-13(22-4)11-23(20,21)18(3)15-10-12-8-6-7-9-14(12)16(19)17(15)2/h6-10,13H,5,11H2,1-4H3. The Kier molecular flexibility index (Phi) is 5.11. The third-order valence-corrected chi connectivity index (χ3v) is 5.86. The maximum absolute atomic E-state index is 12.6. The van der Waals surface area contributed by atoms with Crippen molar-refractivity contribution in [3.05, 3.63) is 40.7 Å². The minimum Gasteiger partial charge on any atom is -0.380 e. The van der Waals surface area contributed by atoms with Crippen molar-refractivity contribution in [2.75, 3.05) is 24.2 Å². The van der Waals surface area contributed by atoms with Crippen LogP contribution in [0, 0.1) is 0 Å².